The molecule has 0 saturated carbocycles. The number of anilines is 3. The molecule has 0 fully saturated rings. The van der Waals surface area contributed by atoms with Crippen LogP contribution in [0.5, 0.6) is 0 Å². The largest absolute Gasteiger partial charge is 0.456 e. The maximum atomic E-state index is 6.51. The zero-order valence-corrected chi connectivity index (χ0v) is 27.6. The lowest BCUT2D eigenvalue weighted by Crippen LogP contribution is -2.09. The summed E-state index contributed by atoms with van der Waals surface area (Å²) in [6.07, 6.45) is 0. The number of fused-ring (bicyclic) bond motifs is 12. The van der Waals surface area contributed by atoms with E-state index in [4.69, 9.17) is 8.83 Å². The normalized spacial score (nSPS) is 12.0. The third kappa shape index (κ3) is 4.09. The Morgan fingerprint density at radius 3 is 1.66 bits per heavy atom. The molecule has 0 N–H and O–H groups in total. The Morgan fingerprint density at radius 1 is 0.340 bits per heavy atom. The van der Waals surface area contributed by atoms with Crippen LogP contribution >= 0.6 is 11.3 Å². The van der Waals surface area contributed by atoms with E-state index in [-0.39, 0.29) is 0 Å². The molecule has 0 aliphatic heterocycles. The number of nitrogens with zero attached hydrogens (tertiary/aromatic N) is 1. The van der Waals surface area contributed by atoms with E-state index in [0.29, 0.717) is 0 Å². The second-order valence-corrected chi connectivity index (χ2v) is 14.0. The number of furan rings is 2. The van der Waals surface area contributed by atoms with Gasteiger partial charge in [0.05, 0.1) is 0 Å². The Labute approximate surface area is 290 Å². The van der Waals surface area contributed by atoms with Gasteiger partial charge in [-0.1, -0.05) is 78.9 Å². The molecule has 0 amide bonds. The molecule has 3 heterocycles. The molecule has 50 heavy (non-hydrogen) atoms. The van der Waals surface area contributed by atoms with Gasteiger partial charge in [0, 0.05) is 58.8 Å². The lowest BCUT2D eigenvalue weighted by molar-refractivity contribution is 0.668. The molecule has 4 heteroatoms. The van der Waals surface area contributed by atoms with Gasteiger partial charge in [-0.05, 0) is 107 Å². The summed E-state index contributed by atoms with van der Waals surface area (Å²) in [5.74, 6) is 0. The summed E-state index contributed by atoms with van der Waals surface area (Å²) in [6.45, 7) is 0. The van der Waals surface area contributed by atoms with Gasteiger partial charge < -0.3 is 13.7 Å². The molecule has 234 valence electrons. The zero-order chi connectivity index (χ0) is 32.8. The van der Waals surface area contributed by atoms with Crippen LogP contribution in [0.1, 0.15) is 0 Å². The Hall–Kier alpha value is -6.36. The van der Waals surface area contributed by atoms with Crippen molar-refractivity contribution in [2.75, 3.05) is 4.90 Å². The van der Waals surface area contributed by atoms with Gasteiger partial charge in [0.15, 0.2) is 0 Å². The van der Waals surface area contributed by atoms with E-state index >= 15 is 0 Å². The van der Waals surface area contributed by atoms with E-state index in [2.05, 4.69) is 157 Å². The molecule has 0 aliphatic rings. The van der Waals surface area contributed by atoms with Crippen molar-refractivity contribution in [3.63, 3.8) is 0 Å². The topological polar surface area (TPSA) is 29.5 Å². The maximum absolute atomic E-state index is 6.51. The minimum atomic E-state index is 0.868. The molecule has 3 aromatic heterocycles. The first-order chi connectivity index (χ1) is 24.8. The summed E-state index contributed by atoms with van der Waals surface area (Å²) in [5.41, 5.74) is 9.20. The molecule has 0 saturated heterocycles. The van der Waals surface area contributed by atoms with Crippen LogP contribution in [0.2, 0.25) is 0 Å². The van der Waals surface area contributed by atoms with E-state index in [0.717, 1.165) is 71.7 Å². The molecular weight excluding hydrogens is 631 g/mol. The van der Waals surface area contributed by atoms with Crippen LogP contribution in [0.3, 0.4) is 0 Å². The first kappa shape index (κ1) is 27.6. The predicted molar refractivity (Wildman–Crippen MR) is 212 cm³/mol. The van der Waals surface area contributed by atoms with Gasteiger partial charge >= 0.3 is 0 Å². The standard InChI is InChI=1S/C46H27NO2S/c1-2-8-28(9-3-1)29-14-16-30(17-15-29)47(32-19-25-44-37(26-32)33-10-5-7-13-43(33)50-44)31-18-22-40-38(27-31)46-35-21-23-41-45(34(35)20-24-42(46)49-40)36-11-4-6-12-39(36)48-41/h1-27H. The predicted octanol–water partition coefficient (Wildman–Crippen LogP) is 14.1. The van der Waals surface area contributed by atoms with E-state index in [1.54, 1.807) is 0 Å². The van der Waals surface area contributed by atoms with Crippen LogP contribution in [0.15, 0.2) is 173 Å². The van der Waals surface area contributed by atoms with Crippen molar-refractivity contribution in [2.45, 2.75) is 0 Å². The fraction of sp³-hybridized carbons (Fsp3) is 0. The molecule has 0 unspecified atom stereocenters. The first-order valence-corrected chi connectivity index (χ1v) is 17.6. The highest BCUT2D eigenvalue weighted by atomic mass is 32.1. The number of hydrogen-bond acceptors (Lipinski definition) is 4. The van der Waals surface area contributed by atoms with Crippen LogP contribution in [-0.4, -0.2) is 0 Å². The fourth-order valence-corrected chi connectivity index (χ4v) is 8.85. The molecule has 0 bridgehead atoms. The Kier molecular flexibility index (Phi) is 5.83. The van der Waals surface area contributed by atoms with Gasteiger partial charge in [-0.2, -0.15) is 0 Å². The quantitative estimate of drug-likeness (QED) is 0.189. The van der Waals surface area contributed by atoms with E-state index in [1.165, 1.54) is 31.3 Å². The maximum Gasteiger partial charge on any atom is 0.136 e. The monoisotopic (exact) mass is 657 g/mol. The summed E-state index contributed by atoms with van der Waals surface area (Å²) in [4.78, 5) is 2.37. The van der Waals surface area contributed by atoms with Gasteiger partial charge in [-0.25, -0.2) is 0 Å². The van der Waals surface area contributed by atoms with Crippen LogP contribution in [0.25, 0.3) is 85.9 Å². The van der Waals surface area contributed by atoms with Crippen LogP contribution in [-0.2, 0) is 0 Å². The number of hydrogen-bond donors (Lipinski definition) is 0. The highest BCUT2D eigenvalue weighted by molar-refractivity contribution is 7.25. The van der Waals surface area contributed by atoms with Crippen LogP contribution < -0.4 is 4.90 Å². The SMILES string of the molecule is c1ccc(-c2ccc(N(c3ccc4sc5ccccc5c4c3)c3ccc4oc5ccc6c(ccc7oc8ccccc8c76)c5c4c3)cc2)cc1. The smallest absolute Gasteiger partial charge is 0.136 e. The fourth-order valence-electron chi connectivity index (χ4n) is 7.77. The number of benzene rings is 8. The first-order valence-electron chi connectivity index (χ1n) is 16.8. The average Bonchev–Trinajstić information content (AvgIpc) is 3.86. The Morgan fingerprint density at radius 2 is 0.880 bits per heavy atom. The molecule has 0 aliphatic carbocycles. The third-order valence-electron chi connectivity index (χ3n) is 10.1. The molecule has 11 aromatic rings. The highest BCUT2D eigenvalue weighted by Crippen LogP contribution is 2.45. The van der Waals surface area contributed by atoms with Crippen molar-refractivity contribution < 1.29 is 8.83 Å². The third-order valence-corrected chi connectivity index (χ3v) is 11.2. The molecule has 0 atom stereocenters. The highest BCUT2D eigenvalue weighted by Gasteiger charge is 2.19. The van der Waals surface area contributed by atoms with Crippen molar-refractivity contribution in [3.05, 3.63) is 164 Å². The minimum Gasteiger partial charge on any atom is -0.456 e. The number of thiophene rings is 1. The lowest BCUT2D eigenvalue weighted by Gasteiger charge is -2.26. The number of para-hydroxylation sites is 1. The summed E-state index contributed by atoms with van der Waals surface area (Å²) in [6, 6.07) is 58.4. The lowest BCUT2D eigenvalue weighted by atomic mass is 9.99. The van der Waals surface area contributed by atoms with Gasteiger partial charge in [-0.3, -0.25) is 0 Å². The van der Waals surface area contributed by atoms with Gasteiger partial charge in [0.2, 0.25) is 0 Å². The van der Waals surface area contributed by atoms with E-state index < -0.39 is 0 Å². The van der Waals surface area contributed by atoms with E-state index in [9.17, 15) is 0 Å². The summed E-state index contributed by atoms with van der Waals surface area (Å²) < 4.78 is 15.3. The average molecular weight is 658 g/mol. The second-order valence-electron chi connectivity index (χ2n) is 12.9. The molecule has 11 rings (SSSR count). The second kappa shape index (κ2) is 10.6. The van der Waals surface area contributed by atoms with Crippen LogP contribution in [0.4, 0.5) is 17.1 Å². The molecule has 0 spiro atoms. The Balaban J connectivity index is 1.15. The van der Waals surface area contributed by atoms with Crippen LogP contribution in [0, 0.1) is 0 Å². The molecule has 8 aromatic carbocycles. The van der Waals surface area contributed by atoms with Crippen molar-refractivity contribution in [3.8, 4) is 11.1 Å². The number of rotatable bonds is 4. The Bertz CT molecular complexity index is 3090. The van der Waals surface area contributed by atoms with Gasteiger partial charge in [0.1, 0.15) is 22.3 Å². The zero-order valence-electron chi connectivity index (χ0n) is 26.8. The van der Waals surface area contributed by atoms with E-state index in [1.807, 2.05) is 23.5 Å². The molecular formula is C46H27NO2S. The van der Waals surface area contributed by atoms with Crippen molar-refractivity contribution >= 4 is 103 Å². The molecule has 3 nitrogen and oxygen atoms in total. The van der Waals surface area contributed by atoms with Crippen molar-refractivity contribution in [1.29, 1.82) is 0 Å². The minimum absolute atomic E-state index is 0.868. The van der Waals surface area contributed by atoms with Crippen molar-refractivity contribution in [2.24, 2.45) is 0 Å². The van der Waals surface area contributed by atoms with Crippen molar-refractivity contribution in [1.82, 2.24) is 0 Å². The van der Waals surface area contributed by atoms with Gasteiger partial charge in [0.25, 0.3) is 0 Å². The molecule has 0 radical (unpaired) electrons. The summed E-state index contributed by atoms with van der Waals surface area (Å²) in [5, 5.41) is 9.34. The van der Waals surface area contributed by atoms with Gasteiger partial charge in [-0.15, -0.1) is 11.3 Å². The summed E-state index contributed by atoms with van der Waals surface area (Å²) in [7, 11) is 0. The summed E-state index contributed by atoms with van der Waals surface area (Å²) >= 11 is 1.84.